The van der Waals surface area contributed by atoms with Gasteiger partial charge in [-0.25, -0.2) is 0 Å². The van der Waals surface area contributed by atoms with Crippen molar-refractivity contribution in [3.63, 3.8) is 0 Å². The van der Waals surface area contributed by atoms with Crippen LogP contribution < -0.4 is 11.1 Å². The van der Waals surface area contributed by atoms with E-state index in [4.69, 9.17) is 27.5 Å². The van der Waals surface area contributed by atoms with Crippen molar-refractivity contribution in [2.75, 3.05) is 29.2 Å². The lowest BCUT2D eigenvalue weighted by molar-refractivity contribution is -0.113. The first-order valence-electron chi connectivity index (χ1n) is 5.24. The largest absolute Gasteiger partial charge is 0.397 e. The third-order valence-electron chi connectivity index (χ3n) is 2.04. The number of carbonyl (C=O) groups is 1. The van der Waals surface area contributed by atoms with Crippen molar-refractivity contribution < 1.29 is 15.0 Å². The molecule has 1 rings (SSSR count). The molecule has 1 aromatic rings. The Morgan fingerprint density at radius 1 is 1.56 bits per heavy atom. The molecule has 0 saturated carbocycles. The van der Waals surface area contributed by atoms with Crippen LogP contribution in [0, 0.1) is 0 Å². The predicted octanol–water partition coefficient (Wildman–Crippen LogP) is 0.947. The minimum Gasteiger partial charge on any atom is -0.397 e. The highest BCUT2D eigenvalue weighted by Crippen LogP contribution is 2.23. The summed E-state index contributed by atoms with van der Waals surface area (Å²) in [5, 5.41) is 20.8. The molecule has 0 heterocycles. The number of nitrogens with one attached hydrogen (secondary N) is 1. The normalized spacial score (nSPS) is 12.2. The summed E-state index contributed by atoms with van der Waals surface area (Å²) in [4.78, 5) is 11.6. The second kappa shape index (κ2) is 7.48. The van der Waals surface area contributed by atoms with E-state index in [0.29, 0.717) is 22.2 Å². The zero-order valence-electron chi connectivity index (χ0n) is 9.60. The molecule has 0 aromatic heterocycles. The van der Waals surface area contributed by atoms with Gasteiger partial charge in [-0.2, -0.15) is 0 Å². The van der Waals surface area contributed by atoms with E-state index in [0.717, 1.165) is 0 Å². The lowest BCUT2D eigenvalue weighted by Crippen LogP contribution is -2.19. The number of thioether (sulfide) groups is 1. The highest BCUT2D eigenvalue weighted by molar-refractivity contribution is 8.00. The number of nitrogens with two attached hydrogens (primary N) is 1. The Balaban J connectivity index is 2.42. The van der Waals surface area contributed by atoms with Gasteiger partial charge in [0.05, 0.1) is 29.8 Å². The molecule has 7 heteroatoms. The van der Waals surface area contributed by atoms with Gasteiger partial charge in [0.2, 0.25) is 5.91 Å². The Kier molecular flexibility index (Phi) is 6.28. The first-order chi connectivity index (χ1) is 8.52. The number of hydrogen-bond acceptors (Lipinski definition) is 5. The van der Waals surface area contributed by atoms with E-state index in [9.17, 15) is 4.79 Å². The fourth-order valence-corrected chi connectivity index (χ4v) is 2.09. The molecule has 0 fully saturated rings. The SMILES string of the molecule is Nc1ccc(Cl)cc1NC(=O)CSCC(O)CO. The summed E-state index contributed by atoms with van der Waals surface area (Å²) in [6.07, 6.45) is -0.806. The second-order valence-electron chi connectivity index (χ2n) is 3.63. The maximum Gasteiger partial charge on any atom is 0.234 e. The highest BCUT2D eigenvalue weighted by atomic mass is 35.5. The number of carbonyl (C=O) groups excluding carboxylic acids is 1. The van der Waals surface area contributed by atoms with Crippen molar-refractivity contribution in [1.82, 2.24) is 0 Å². The number of anilines is 2. The van der Waals surface area contributed by atoms with E-state index in [1.54, 1.807) is 18.2 Å². The molecule has 0 bridgehead atoms. The summed E-state index contributed by atoms with van der Waals surface area (Å²) in [5.41, 5.74) is 6.59. The zero-order chi connectivity index (χ0) is 13.5. The molecule has 0 aliphatic carbocycles. The number of hydrogen-bond donors (Lipinski definition) is 4. The van der Waals surface area contributed by atoms with Gasteiger partial charge in [-0.05, 0) is 18.2 Å². The second-order valence-corrected chi connectivity index (χ2v) is 5.10. The molecular weight excluding hydrogens is 276 g/mol. The number of halogens is 1. The van der Waals surface area contributed by atoms with Gasteiger partial charge in [0, 0.05) is 10.8 Å². The summed E-state index contributed by atoms with van der Waals surface area (Å²) in [6, 6.07) is 4.82. The molecule has 1 amide bonds. The average Bonchev–Trinajstić information content (AvgIpc) is 2.33. The van der Waals surface area contributed by atoms with Gasteiger partial charge in [-0.3, -0.25) is 4.79 Å². The van der Waals surface area contributed by atoms with Gasteiger partial charge in [-0.15, -0.1) is 11.8 Å². The molecule has 18 heavy (non-hydrogen) atoms. The summed E-state index contributed by atoms with van der Waals surface area (Å²) in [6.45, 7) is -0.310. The van der Waals surface area contributed by atoms with Gasteiger partial charge in [0.25, 0.3) is 0 Å². The Hall–Kier alpha value is -0.950. The smallest absolute Gasteiger partial charge is 0.234 e. The number of rotatable bonds is 6. The van der Waals surface area contributed by atoms with Crippen molar-refractivity contribution in [1.29, 1.82) is 0 Å². The molecule has 1 aromatic carbocycles. The van der Waals surface area contributed by atoms with E-state index >= 15 is 0 Å². The molecule has 1 atom stereocenters. The monoisotopic (exact) mass is 290 g/mol. The number of nitrogen functional groups attached to an aromatic ring is 1. The van der Waals surface area contributed by atoms with Crippen LogP contribution in [0.1, 0.15) is 0 Å². The van der Waals surface area contributed by atoms with Gasteiger partial charge >= 0.3 is 0 Å². The van der Waals surface area contributed by atoms with Crippen LogP contribution >= 0.6 is 23.4 Å². The Bertz CT molecular complexity index is 417. The van der Waals surface area contributed by atoms with Gasteiger partial charge in [-0.1, -0.05) is 11.6 Å². The number of benzene rings is 1. The summed E-state index contributed by atoms with van der Waals surface area (Å²) in [7, 11) is 0. The quantitative estimate of drug-likeness (QED) is 0.585. The first kappa shape index (κ1) is 15.1. The standard InChI is InChI=1S/C11H15ClN2O3S/c12-7-1-2-9(13)10(3-7)14-11(17)6-18-5-8(16)4-15/h1-3,8,15-16H,4-6,13H2,(H,14,17). The maximum atomic E-state index is 11.6. The van der Waals surface area contributed by atoms with Crippen LogP contribution in [-0.4, -0.2) is 40.3 Å². The Morgan fingerprint density at radius 3 is 2.94 bits per heavy atom. The third kappa shape index (κ3) is 5.14. The minimum atomic E-state index is -0.806. The molecule has 0 saturated heterocycles. The average molecular weight is 291 g/mol. The van der Waals surface area contributed by atoms with Crippen LogP contribution in [0.5, 0.6) is 0 Å². The van der Waals surface area contributed by atoms with Crippen molar-refractivity contribution in [3.05, 3.63) is 23.2 Å². The van der Waals surface area contributed by atoms with Crippen LogP contribution in [-0.2, 0) is 4.79 Å². The molecular formula is C11H15ClN2O3S. The molecule has 0 radical (unpaired) electrons. The van der Waals surface area contributed by atoms with Crippen LogP contribution in [0.15, 0.2) is 18.2 Å². The fourth-order valence-electron chi connectivity index (χ4n) is 1.16. The van der Waals surface area contributed by atoms with Gasteiger partial charge in [0.1, 0.15) is 0 Å². The topological polar surface area (TPSA) is 95.6 Å². The van der Waals surface area contributed by atoms with E-state index in [1.165, 1.54) is 11.8 Å². The summed E-state index contributed by atoms with van der Waals surface area (Å²) in [5.74, 6) is 0.233. The number of aliphatic hydroxyl groups excluding tert-OH is 2. The van der Waals surface area contributed by atoms with E-state index in [-0.39, 0.29) is 18.3 Å². The lowest BCUT2D eigenvalue weighted by Gasteiger charge is -2.09. The summed E-state index contributed by atoms with van der Waals surface area (Å²) >= 11 is 7.02. The zero-order valence-corrected chi connectivity index (χ0v) is 11.2. The third-order valence-corrected chi connectivity index (χ3v) is 3.37. The molecule has 0 spiro atoms. The van der Waals surface area contributed by atoms with Crippen molar-refractivity contribution >= 4 is 40.6 Å². The van der Waals surface area contributed by atoms with Crippen molar-refractivity contribution in [2.45, 2.75) is 6.10 Å². The number of aliphatic hydroxyl groups is 2. The number of amides is 1. The van der Waals surface area contributed by atoms with E-state index in [2.05, 4.69) is 5.32 Å². The highest BCUT2D eigenvalue weighted by Gasteiger charge is 2.08. The molecule has 0 aliphatic heterocycles. The van der Waals surface area contributed by atoms with Crippen molar-refractivity contribution in [3.8, 4) is 0 Å². The van der Waals surface area contributed by atoms with Gasteiger partial charge < -0.3 is 21.3 Å². The van der Waals surface area contributed by atoms with Gasteiger partial charge in [0.15, 0.2) is 0 Å². The Morgan fingerprint density at radius 2 is 2.28 bits per heavy atom. The predicted molar refractivity (Wildman–Crippen MR) is 74.9 cm³/mol. The van der Waals surface area contributed by atoms with Crippen LogP contribution in [0.25, 0.3) is 0 Å². The summed E-state index contributed by atoms with van der Waals surface area (Å²) < 4.78 is 0. The van der Waals surface area contributed by atoms with Crippen LogP contribution in [0.2, 0.25) is 5.02 Å². The van der Waals surface area contributed by atoms with E-state index in [1.807, 2.05) is 0 Å². The van der Waals surface area contributed by atoms with E-state index < -0.39 is 6.10 Å². The maximum absolute atomic E-state index is 11.6. The molecule has 5 N–H and O–H groups in total. The molecule has 1 unspecified atom stereocenters. The van der Waals surface area contributed by atoms with Crippen LogP contribution in [0.4, 0.5) is 11.4 Å². The molecule has 100 valence electrons. The van der Waals surface area contributed by atoms with Crippen molar-refractivity contribution in [2.24, 2.45) is 0 Å². The fraction of sp³-hybridized carbons (Fsp3) is 0.364. The lowest BCUT2D eigenvalue weighted by atomic mass is 10.2. The minimum absolute atomic E-state index is 0.170. The van der Waals surface area contributed by atoms with Crippen LogP contribution in [0.3, 0.4) is 0 Å². The Labute approximate surface area is 114 Å². The molecule has 0 aliphatic rings. The molecule has 5 nitrogen and oxygen atoms in total. The first-order valence-corrected chi connectivity index (χ1v) is 6.77.